The Kier molecular flexibility index (Phi) is 3.64. The van der Waals surface area contributed by atoms with E-state index in [0.29, 0.717) is 11.5 Å². The fourth-order valence-corrected chi connectivity index (χ4v) is 1.48. The largest absolute Gasteiger partial charge is 0.417 e. The Morgan fingerprint density at radius 3 is 2.42 bits per heavy atom. The molecule has 2 rings (SSSR count). The van der Waals surface area contributed by atoms with Gasteiger partial charge in [-0.2, -0.15) is 13.2 Å². The molecule has 2 aromatic heterocycles. The lowest BCUT2D eigenvalue weighted by molar-refractivity contribution is -0.137. The number of halogens is 3. The van der Waals surface area contributed by atoms with Crippen LogP contribution in [0.5, 0.6) is 0 Å². The van der Waals surface area contributed by atoms with Crippen molar-refractivity contribution in [1.82, 2.24) is 15.0 Å². The predicted molar refractivity (Wildman–Crippen MR) is 63.3 cm³/mol. The third-order valence-corrected chi connectivity index (χ3v) is 2.48. The fourth-order valence-electron chi connectivity index (χ4n) is 1.48. The summed E-state index contributed by atoms with van der Waals surface area (Å²) in [5.41, 5.74) is -0.0885. The summed E-state index contributed by atoms with van der Waals surface area (Å²) in [6.07, 6.45) is 1.11. The first-order chi connectivity index (χ1) is 8.97. The van der Waals surface area contributed by atoms with Gasteiger partial charge in [0.15, 0.2) is 0 Å². The first-order valence-electron chi connectivity index (χ1n) is 5.52. The van der Waals surface area contributed by atoms with Crippen LogP contribution in [0.3, 0.4) is 0 Å². The van der Waals surface area contributed by atoms with Crippen molar-refractivity contribution in [2.75, 3.05) is 5.32 Å². The normalized spacial score (nSPS) is 13.1. The van der Waals surface area contributed by atoms with E-state index in [1.165, 1.54) is 6.07 Å². The zero-order valence-electron chi connectivity index (χ0n) is 10.0. The van der Waals surface area contributed by atoms with Gasteiger partial charge in [-0.15, -0.1) is 0 Å². The Morgan fingerprint density at radius 2 is 1.89 bits per heavy atom. The number of anilines is 1. The van der Waals surface area contributed by atoms with Gasteiger partial charge in [0, 0.05) is 18.6 Å². The lowest BCUT2D eigenvalue weighted by Gasteiger charge is -2.14. The summed E-state index contributed by atoms with van der Waals surface area (Å²) in [4.78, 5) is 11.8. The number of hydrogen-bond donors (Lipinski definition) is 1. The summed E-state index contributed by atoms with van der Waals surface area (Å²) in [7, 11) is 0. The van der Waals surface area contributed by atoms with Gasteiger partial charge in [0.1, 0.15) is 5.82 Å². The second-order valence-corrected chi connectivity index (χ2v) is 3.93. The Balaban J connectivity index is 2.08. The molecule has 0 radical (unpaired) electrons. The molecule has 7 heteroatoms. The van der Waals surface area contributed by atoms with Gasteiger partial charge in [0.25, 0.3) is 0 Å². The molecule has 1 N–H and O–H groups in total. The Labute approximate surface area is 107 Å². The van der Waals surface area contributed by atoms with Gasteiger partial charge >= 0.3 is 6.18 Å². The molecule has 2 aromatic rings. The third kappa shape index (κ3) is 3.40. The second kappa shape index (κ2) is 5.21. The van der Waals surface area contributed by atoms with Crippen LogP contribution in [-0.4, -0.2) is 15.0 Å². The van der Waals surface area contributed by atoms with E-state index < -0.39 is 11.7 Å². The summed E-state index contributed by atoms with van der Waals surface area (Å²) in [5, 5.41) is 2.96. The maximum absolute atomic E-state index is 12.4. The van der Waals surface area contributed by atoms with Gasteiger partial charge in [-0.25, -0.2) is 4.98 Å². The highest BCUT2D eigenvalue weighted by Gasteiger charge is 2.30. The zero-order valence-corrected chi connectivity index (χ0v) is 10.0. The standard InChI is InChI=1S/C12H11F3N4/c1-8(10-7-16-4-5-17-10)19-11-3-2-9(6-18-11)12(13,14)15/h2-8H,1H3,(H,18,19)/t8-/m0/s1. The smallest absolute Gasteiger partial charge is 0.362 e. The zero-order chi connectivity index (χ0) is 13.9. The number of aromatic nitrogens is 3. The van der Waals surface area contributed by atoms with E-state index in [0.717, 1.165) is 12.3 Å². The fraction of sp³-hybridized carbons (Fsp3) is 0.250. The quantitative estimate of drug-likeness (QED) is 0.929. The average Bonchev–Trinajstić information content (AvgIpc) is 2.39. The molecule has 0 amide bonds. The van der Waals surface area contributed by atoms with Crippen LogP contribution >= 0.6 is 0 Å². The summed E-state index contributed by atoms with van der Waals surface area (Å²) in [5.74, 6) is 0.353. The highest BCUT2D eigenvalue weighted by Crippen LogP contribution is 2.29. The molecule has 0 aliphatic heterocycles. The van der Waals surface area contributed by atoms with Crippen molar-refractivity contribution in [3.05, 3.63) is 48.2 Å². The van der Waals surface area contributed by atoms with E-state index in [-0.39, 0.29) is 6.04 Å². The lowest BCUT2D eigenvalue weighted by atomic mass is 10.2. The van der Waals surface area contributed by atoms with E-state index in [1.807, 2.05) is 6.92 Å². The average molecular weight is 268 g/mol. The van der Waals surface area contributed by atoms with Crippen molar-refractivity contribution in [1.29, 1.82) is 0 Å². The van der Waals surface area contributed by atoms with Crippen LogP contribution in [0.4, 0.5) is 19.0 Å². The van der Waals surface area contributed by atoms with Crippen LogP contribution in [0.1, 0.15) is 24.2 Å². The van der Waals surface area contributed by atoms with Crippen molar-refractivity contribution >= 4 is 5.82 Å². The SMILES string of the molecule is C[C@H](Nc1ccc(C(F)(F)F)cn1)c1cnccn1. The molecule has 0 aromatic carbocycles. The van der Waals surface area contributed by atoms with Crippen LogP contribution in [0, 0.1) is 0 Å². The van der Waals surface area contributed by atoms with Crippen LogP contribution in [0.15, 0.2) is 36.9 Å². The van der Waals surface area contributed by atoms with Crippen molar-refractivity contribution in [2.24, 2.45) is 0 Å². The summed E-state index contributed by atoms with van der Waals surface area (Å²) in [6, 6.07) is 2.08. The first-order valence-corrected chi connectivity index (χ1v) is 5.52. The van der Waals surface area contributed by atoms with Gasteiger partial charge in [-0.05, 0) is 19.1 Å². The molecule has 0 aliphatic rings. The van der Waals surface area contributed by atoms with Crippen molar-refractivity contribution in [2.45, 2.75) is 19.1 Å². The van der Waals surface area contributed by atoms with E-state index in [9.17, 15) is 13.2 Å². The van der Waals surface area contributed by atoms with Gasteiger partial charge in [-0.1, -0.05) is 0 Å². The molecule has 4 nitrogen and oxygen atoms in total. The molecule has 100 valence electrons. The molecule has 0 unspecified atom stereocenters. The van der Waals surface area contributed by atoms with Crippen molar-refractivity contribution < 1.29 is 13.2 Å². The minimum Gasteiger partial charge on any atom is -0.362 e. The summed E-state index contributed by atoms with van der Waals surface area (Å²) < 4.78 is 37.1. The molecule has 19 heavy (non-hydrogen) atoms. The molecule has 0 aliphatic carbocycles. The minimum atomic E-state index is -4.37. The maximum Gasteiger partial charge on any atom is 0.417 e. The number of alkyl halides is 3. The maximum atomic E-state index is 12.4. The van der Waals surface area contributed by atoms with Gasteiger partial charge < -0.3 is 5.32 Å². The van der Waals surface area contributed by atoms with Gasteiger partial charge in [0.05, 0.1) is 23.5 Å². The summed E-state index contributed by atoms with van der Waals surface area (Å²) >= 11 is 0. The van der Waals surface area contributed by atoms with E-state index in [2.05, 4.69) is 20.3 Å². The number of hydrogen-bond acceptors (Lipinski definition) is 4. The number of pyridine rings is 1. The van der Waals surface area contributed by atoms with Gasteiger partial charge in [0.2, 0.25) is 0 Å². The van der Waals surface area contributed by atoms with Crippen LogP contribution in [0.2, 0.25) is 0 Å². The predicted octanol–water partition coefficient (Wildman–Crippen LogP) is 3.06. The highest BCUT2D eigenvalue weighted by atomic mass is 19.4. The van der Waals surface area contributed by atoms with Crippen LogP contribution in [0.25, 0.3) is 0 Å². The highest BCUT2D eigenvalue weighted by molar-refractivity contribution is 5.38. The molecule has 0 saturated carbocycles. The molecule has 0 saturated heterocycles. The molecule has 0 bridgehead atoms. The van der Waals surface area contributed by atoms with Gasteiger partial charge in [-0.3, -0.25) is 9.97 Å². The van der Waals surface area contributed by atoms with E-state index in [1.54, 1.807) is 18.6 Å². The second-order valence-electron chi connectivity index (χ2n) is 3.93. The number of nitrogens with one attached hydrogen (secondary N) is 1. The molecule has 0 fully saturated rings. The van der Waals surface area contributed by atoms with Crippen LogP contribution in [-0.2, 0) is 6.18 Å². The van der Waals surface area contributed by atoms with E-state index in [4.69, 9.17) is 0 Å². The van der Waals surface area contributed by atoms with E-state index >= 15 is 0 Å². The molecular weight excluding hydrogens is 257 g/mol. The lowest BCUT2D eigenvalue weighted by Crippen LogP contribution is -2.11. The molecule has 0 spiro atoms. The molecule has 2 heterocycles. The van der Waals surface area contributed by atoms with Crippen molar-refractivity contribution in [3.63, 3.8) is 0 Å². The Bertz CT molecular complexity index is 525. The summed E-state index contributed by atoms with van der Waals surface area (Å²) in [6.45, 7) is 1.82. The monoisotopic (exact) mass is 268 g/mol. The minimum absolute atomic E-state index is 0.196. The first kappa shape index (κ1) is 13.3. The number of nitrogens with zero attached hydrogens (tertiary/aromatic N) is 3. The topological polar surface area (TPSA) is 50.7 Å². The third-order valence-electron chi connectivity index (χ3n) is 2.48. The van der Waals surface area contributed by atoms with Crippen molar-refractivity contribution in [3.8, 4) is 0 Å². The molecular formula is C12H11F3N4. The van der Waals surface area contributed by atoms with Crippen LogP contribution < -0.4 is 5.32 Å². The Morgan fingerprint density at radius 1 is 1.11 bits per heavy atom. The Hall–Kier alpha value is -2.18. The number of rotatable bonds is 3. The molecule has 1 atom stereocenters.